The average molecular weight is 475 g/mol. The lowest BCUT2D eigenvalue weighted by Crippen LogP contribution is -2.28. The first kappa shape index (κ1) is 23.4. The molecule has 4 rings (SSSR count). The van der Waals surface area contributed by atoms with E-state index in [0.29, 0.717) is 0 Å². The van der Waals surface area contributed by atoms with Gasteiger partial charge < -0.3 is 9.88 Å². The number of aromatic nitrogens is 2. The van der Waals surface area contributed by atoms with E-state index in [0.717, 1.165) is 16.8 Å². The molecule has 0 fully saturated rings. The van der Waals surface area contributed by atoms with Gasteiger partial charge in [-0.1, -0.05) is 48.5 Å². The number of amides is 1. The summed E-state index contributed by atoms with van der Waals surface area (Å²) < 4.78 is 30.4. The lowest BCUT2D eigenvalue weighted by molar-refractivity contribution is 0.0939. The molecule has 0 unspecified atom stereocenters. The van der Waals surface area contributed by atoms with Crippen molar-refractivity contribution in [3.05, 3.63) is 114 Å². The van der Waals surface area contributed by atoms with Gasteiger partial charge in [-0.05, 0) is 55.3 Å². The molecule has 0 bridgehead atoms. The standard InChI is InChI=1S/C26H26N4O3S/c1-19(22-11-13-24(14-12-22)30-16-15-27-18-30)28-26(31)23-9-6-10-25(17-23)34(32,33)29-20(2)21-7-4-3-5-8-21/h3-20,29H,1-2H3,(H,28,31)/t19-,20-/m1/s1. The normalized spacial score (nSPS) is 13.2. The molecule has 4 aromatic rings. The summed E-state index contributed by atoms with van der Waals surface area (Å²) in [7, 11) is -3.81. The Kier molecular flexibility index (Phi) is 6.90. The number of carbonyl (C=O) groups excluding carboxylic acids is 1. The summed E-state index contributed by atoms with van der Waals surface area (Å²) in [5, 5.41) is 2.94. The minimum absolute atomic E-state index is 0.0419. The topological polar surface area (TPSA) is 93.1 Å². The van der Waals surface area contributed by atoms with E-state index in [-0.39, 0.29) is 22.4 Å². The molecule has 174 valence electrons. The Hall–Kier alpha value is -3.75. The average Bonchev–Trinajstić information content (AvgIpc) is 3.39. The van der Waals surface area contributed by atoms with Crippen LogP contribution in [-0.4, -0.2) is 23.9 Å². The lowest BCUT2D eigenvalue weighted by Gasteiger charge is -2.17. The maximum Gasteiger partial charge on any atom is 0.251 e. The molecule has 0 spiro atoms. The quantitative estimate of drug-likeness (QED) is 0.396. The third-order valence-corrected chi connectivity index (χ3v) is 7.12. The van der Waals surface area contributed by atoms with Crippen molar-refractivity contribution in [2.45, 2.75) is 30.8 Å². The summed E-state index contributed by atoms with van der Waals surface area (Å²) in [6, 6.07) is 22.5. The van der Waals surface area contributed by atoms with E-state index < -0.39 is 16.1 Å². The second-order valence-electron chi connectivity index (χ2n) is 8.04. The van der Waals surface area contributed by atoms with Crippen LogP contribution in [0.25, 0.3) is 5.69 Å². The predicted octanol–water partition coefficient (Wildman–Crippen LogP) is 4.40. The van der Waals surface area contributed by atoms with Gasteiger partial charge in [0.2, 0.25) is 10.0 Å². The van der Waals surface area contributed by atoms with Crippen LogP contribution in [-0.2, 0) is 10.0 Å². The number of benzene rings is 3. The number of carbonyl (C=O) groups is 1. The van der Waals surface area contributed by atoms with Crippen LogP contribution in [0.3, 0.4) is 0 Å². The van der Waals surface area contributed by atoms with Crippen LogP contribution in [0.15, 0.2) is 102 Å². The van der Waals surface area contributed by atoms with Crippen LogP contribution in [0, 0.1) is 0 Å². The predicted molar refractivity (Wildman–Crippen MR) is 131 cm³/mol. The molecule has 1 amide bonds. The van der Waals surface area contributed by atoms with Crippen molar-refractivity contribution in [1.82, 2.24) is 19.6 Å². The highest BCUT2D eigenvalue weighted by molar-refractivity contribution is 7.89. The number of hydrogen-bond acceptors (Lipinski definition) is 4. The molecule has 0 aliphatic rings. The molecule has 7 nitrogen and oxygen atoms in total. The second-order valence-corrected chi connectivity index (χ2v) is 9.75. The SMILES string of the molecule is C[C@@H](NC(=O)c1cccc(S(=O)(=O)N[C@H](C)c2ccccc2)c1)c1ccc(-n2ccnc2)cc1. The molecule has 0 aliphatic carbocycles. The molecule has 0 saturated carbocycles. The van der Waals surface area contributed by atoms with Gasteiger partial charge in [-0.3, -0.25) is 4.79 Å². The van der Waals surface area contributed by atoms with Gasteiger partial charge in [0.1, 0.15) is 0 Å². The Morgan fingerprint density at radius 3 is 2.26 bits per heavy atom. The molecular formula is C26H26N4O3S. The molecule has 0 saturated heterocycles. The van der Waals surface area contributed by atoms with Gasteiger partial charge in [0.05, 0.1) is 17.3 Å². The molecule has 0 aliphatic heterocycles. The zero-order valence-electron chi connectivity index (χ0n) is 18.9. The highest BCUT2D eigenvalue weighted by Crippen LogP contribution is 2.19. The molecule has 2 atom stereocenters. The molecule has 1 heterocycles. The van der Waals surface area contributed by atoms with Gasteiger partial charge in [-0.25, -0.2) is 18.1 Å². The van der Waals surface area contributed by atoms with Gasteiger partial charge in [-0.15, -0.1) is 0 Å². The van der Waals surface area contributed by atoms with Gasteiger partial charge >= 0.3 is 0 Å². The Morgan fingerprint density at radius 1 is 0.882 bits per heavy atom. The van der Waals surface area contributed by atoms with Crippen molar-refractivity contribution in [1.29, 1.82) is 0 Å². The van der Waals surface area contributed by atoms with Crippen LogP contribution in [0.2, 0.25) is 0 Å². The lowest BCUT2D eigenvalue weighted by atomic mass is 10.1. The second kappa shape index (κ2) is 10.0. The van der Waals surface area contributed by atoms with Crippen molar-refractivity contribution in [2.75, 3.05) is 0 Å². The van der Waals surface area contributed by atoms with Crippen LogP contribution in [0.1, 0.15) is 47.4 Å². The van der Waals surface area contributed by atoms with Gasteiger partial charge in [0.25, 0.3) is 5.91 Å². The first-order valence-electron chi connectivity index (χ1n) is 10.9. The third-order valence-electron chi connectivity index (χ3n) is 5.58. The largest absolute Gasteiger partial charge is 0.346 e. The van der Waals surface area contributed by atoms with Crippen LogP contribution in [0.4, 0.5) is 0 Å². The Balaban J connectivity index is 1.45. The number of nitrogens with one attached hydrogen (secondary N) is 2. The Bertz CT molecular complexity index is 1350. The molecule has 0 radical (unpaired) electrons. The molecule has 34 heavy (non-hydrogen) atoms. The highest BCUT2D eigenvalue weighted by atomic mass is 32.2. The zero-order valence-corrected chi connectivity index (χ0v) is 19.7. The summed E-state index contributed by atoms with van der Waals surface area (Å²) in [4.78, 5) is 17.0. The molecule has 3 aromatic carbocycles. The van der Waals surface area contributed by atoms with Crippen LogP contribution in [0.5, 0.6) is 0 Å². The van der Waals surface area contributed by atoms with Gasteiger partial charge in [0, 0.05) is 29.7 Å². The van der Waals surface area contributed by atoms with E-state index in [1.54, 1.807) is 31.6 Å². The maximum atomic E-state index is 12.9. The Labute approximate surface area is 199 Å². The zero-order chi connectivity index (χ0) is 24.1. The minimum atomic E-state index is -3.81. The molecule has 1 aromatic heterocycles. The smallest absolute Gasteiger partial charge is 0.251 e. The molecular weight excluding hydrogens is 448 g/mol. The fourth-order valence-corrected chi connectivity index (χ4v) is 4.90. The van der Waals surface area contributed by atoms with E-state index in [9.17, 15) is 13.2 Å². The Morgan fingerprint density at radius 2 is 1.59 bits per heavy atom. The summed E-state index contributed by atoms with van der Waals surface area (Å²) in [6.07, 6.45) is 5.29. The summed E-state index contributed by atoms with van der Waals surface area (Å²) in [5.74, 6) is -0.348. The van der Waals surface area contributed by atoms with Gasteiger partial charge in [-0.2, -0.15) is 0 Å². The highest BCUT2D eigenvalue weighted by Gasteiger charge is 2.20. The molecule has 2 N–H and O–H groups in total. The number of hydrogen-bond donors (Lipinski definition) is 2. The fraction of sp³-hybridized carbons (Fsp3) is 0.154. The van der Waals surface area contributed by atoms with Crippen LogP contribution < -0.4 is 10.0 Å². The van der Waals surface area contributed by atoms with Crippen LogP contribution >= 0.6 is 0 Å². The van der Waals surface area contributed by atoms with E-state index in [1.807, 2.05) is 72.3 Å². The van der Waals surface area contributed by atoms with Gasteiger partial charge in [0.15, 0.2) is 0 Å². The number of nitrogens with zero attached hydrogens (tertiary/aromatic N) is 2. The maximum absolute atomic E-state index is 12.9. The monoisotopic (exact) mass is 474 g/mol. The van der Waals surface area contributed by atoms with Crippen molar-refractivity contribution in [2.24, 2.45) is 0 Å². The summed E-state index contributed by atoms with van der Waals surface area (Å²) >= 11 is 0. The number of sulfonamides is 1. The van der Waals surface area contributed by atoms with E-state index in [4.69, 9.17) is 0 Å². The van der Waals surface area contributed by atoms with Crippen molar-refractivity contribution < 1.29 is 13.2 Å². The number of imidazole rings is 1. The third kappa shape index (κ3) is 5.41. The number of rotatable bonds is 8. The summed E-state index contributed by atoms with van der Waals surface area (Å²) in [5.41, 5.74) is 3.03. The van der Waals surface area contributed by atoms with Crippen molar-refractivity contribution in [3.63, 3.8) is 0 Å². The minimum Gasteiger partial charge on any atom is -0.346 e. The van der Waals surface area contributed by atoms with E-state index in [2.05, 4.69) is 15.0 Å². The first-order chi connectivity index (χ1) is 16.3. The summed E-state index contributed by atoms with van der Waals surface area (Å²) in [6.45, 7) is 3.66. The van der Waals surface area contributed by atoms with E-state index in [1.165, 1.54) is 12.1 Å². The van der Waals surface area contributed by atoms with E-state index >= 15 is 0 Å². The fourth-order valence-electron chi connectivity index (χ4n) is 3.63. The first-order valence-corrected chi connectivity index (χ1v) is 12.4. The molecule has 8 heteroatoms. The van der Waals surface area contributed by atoms with Crippen molar-refractivity contribution >= 4 is 15.9 Å². The van der Waals surface area contributed by atoms with Crippen molar-refractivity contribution in [3.8, 4) is 5.69 Å².